The molecular formula is C16H17OSi. The Morgan fingerprint density at radius 3 is 1.61 bits per heavy atom. The summed E-state index contributed by atoms with van der Waals surface area (Å²) in [4.78, 5) is 0. The molecule has 2 aromatic rings. The first kappa shape index (κ1) is 13.1. The van der Waals surface area contributed by atoms with Gasteiger partial charge in [-0.1, -0.05) is 60.7 Å². The van der Waals surface area contributed by atoms with Crippen LogP contribution in [-0.2, 0) is 9.84 Å². The van der Waals surface area contributed by atoms with Crippen LogP contribution in [0.15, 0.2) is 60.7 Å². The molecule has 0 aromatic heterocycles. The zero-order valence-corrected chi connectivity index (χ0v) is 11.8. The lowest BCUT2D eigenvalue weighted by molar-refractivity contribution is 0.170. The molecule has 0 fully saturated rings. The van der Waals surface area contributed by atoms with Crippen LogP contribution < -0.4 is 0 Å². The van der Waals surface area contributed by atoms with Gasteiger partial charge < -0.3 is 4.43 Å². The first-order valence-corrected chi connectivity index (χ1v) is 6.54. The molecule has 0 aliphatic heterocycles. The molecule has 0 N–H and O–H groups in total. The van der Waals surface area contributed by atoms with E-state index >= 15 is 0 Å². The molecule has 0 heterocycles. The maximum absolute atomic E-state index is 5.43. The van der Waals surface area contributed by atoms with Crippen molar-refractivity contribution in [2.24, 2.45) is 0 Å². The molecule has 3 radical (unpaired) electrons. The number of hydrogen-bond acceptors (Lipinski definition) is 1. The van der Waals surface area contributed by atoms with Crippen molar-refractivity contribution in [3.05, 3.63) is 71.8 Å². The van der Waals surface area contributed by atoms with Crippen molar-refractivity contribution < 1.29 is 4.43 Å². The fourth-order valence-electron chi connectivity index (χ4n) is 2.32. The maximum Gasteiger partial charge on any atom is 0.246 e. The van der Waals surface area contributed by atoms with Crippen LogP contribution in [0, 0.1) is 0 Å². The first-order chi connectivity index (χ1) is 8.69. The Hall–Kier alpha value is -1.38. The Morgan fingerprint density at radius 1 is 0.889 bits per heavy atom. The molecule has 91 valence electrons. The number of rotatable bonds is 4. The van der Waals surface area contributed by atoms with Crippen LogP contribution in [0.3, 0.4) is 0 Å². The molecule has 18 heavy (non-hydrogen) atoms. The van der Waals surface area contributed by atoms with Gasteiger partial charge in [0.25, 0.3) is 0 Å². The van der Waals surface area contributed by atoms with Crippen molar-refractivity contribution >= 4 is 10.5 Å². The van der Waals surface area contributed by atoms with Gasteiger partial charge in [0.2, 0.25) is 10.5 Å². The maximum atomic E-state index is 5.43. The van der Waals surface area contributed by atoms with Gasteiger partial charge in [0.15, 0.2) is 0 Å². The van der Waals surface area contributed by atoms with Crippen LogP contribution >= 0.6 is 0 Å². The van der Waals surface area contributed by atoms with Crippen LogP contribution in [-0.4, -0.2) is 16.6 Å². The summed E-state index contributed by atoms with van der Waals surface area (Å²) in [5.74, 6) is 0. The van der Waals surface area contributed by atoms with Crippen LogP contribution in [0.4, 0.5) is 0 Å². The van der Waals surface area contributed by atoms with Gasteiger partial charge in [-0.25, -0.2) is 0 Å². The topological polar surface area (TPSA) is 9.23 Å². The Balaban J connectivity index is 2.55. The van der Waals surface area contributed by atoms with E-state index in [1.807, 2.05) is 12.1 Å². The van der Waals surface area contributed by atoms with E-state index in [1.54, 1.807) is 0 Å². The fourth-order valence-corrected chi connectivity index (χ4v) is 2.56. The van der Waals surface area contributed by atoms with Crippen molar-refractivity contribution in [2.75, 3.05) is 0 Å². The Kier molecular flexibility index (Phi) is 3.99. The van der Waals surface area contributed by atoms with Crippen molar-refractivity contribution in [3.63, 3.8) is 0 Å². The van der Waals surface area contributed by atoms with E-state index in [2.05, 4.69) is 72.9 Å². The van der Waals surface area contributed by atoms with Gasteiger partial charge in [-0.15, -0.1) is 0 Å². The average Bonchev–Trinajstić information content (AvgIpc) is 2.47. The Morgan fingerprint density at radius 2 is 1.28 bits per heavy atom. The lowest BCUT2D eigenvalue weighted by Gasteiger charge is -2.36. The molecule has 2 aromatic carbocycles. The summed E-state index contributed by atoms with van der Waals surface area (Å²) in [5.41, 5.74) is 2.33. The van der Waals surface area contributed by atoms with Crippen molar-refractivity contribution in [1.82, 2.24) is 0 Å². The molecule has 0 saturated carbocycles. The van der Waals surface area contributed by atoms with Crippen LogP contribution in [0.1, 0.15) is 25.0 Å². The number of hydrogen-bond donors (Lipinski definition) is 0. The Bertz CT molecular complexity index is 441. The highest BCUT2D eigenvalue weighted by atomic mass is 28.2. The van der Waals surface area contributed by atoms with Crippen molar-refractivity contribution in [3.8, 4) is 0 Å². The summed E-state index contributed by atoms with van der Waals surface area (Å²) >= 11 is 0. The summed E-state index contributed by atoms with van der Waals surface area (Å²) in [7, 11) is 3.20. The highest BCUT2D eigenvalue weighted by Gasteiger charge is 2.34. The second-order valence-corrected chi connectivity index (χ2v) is 4.93. The second kappa shape index (κ2) is 5.51. The van der Waals surface area contributed by atoms with Gasteiger partial charge in [-0.05, 0) is 25.0 Å². The summed E-state index contributed by atoms with van der Waals surface area (Å²) in [6, 6.07) is 20.9. The smallest absolute Gasteiger partial charge is 0.246 e. The number of benzene rings is 2. The molecule has 0 bridgehead atoms. The van der Waals surface area contributed by atoms with E-state index in [4.69, 9.17) is 4.43 Å². The van der Waals surface area contributed by atoms with Gasteiger partial charge >= 0.3 is 0 Å². The molecule has 0 aliphatic carbocycles. The van der Waals surface area contributed by atoms with Crippen LogP contribution in [0.5, 0.6) is 0 Å². The highest BCUT2D eigenvalue weighted by Crippen LogP contribution is 2.36. The van der Waals surface area contributed by atoms with Gasteiger partial charge in [0.05, 0.1) is 6.10 Å². The zero-order chi connectivity index (χ0) is 13.0. The average molecular weight is 253 g/mol. The molecule has 2 rings (SSSR count). The van der Waals surface area contributed by atoms with E-state index in [0.717, 1.165) is 0 Å². The minimum atomic E-state index is -0.176. The molecule has 0 spiro atoms. The quantitative estimate of drug-likeness (QED) is 0.758. The SMILES string of the molecule is CC(O[Si])C(C)(c1ccccc1)c1ccccc1. The van der Waals surface area contributed by atoms with Gasteiger partial charge in [0, 0.05) is 5.41 Å². The van der Waals surface area contributed by atoms with E-state index in [1.165, 1.54) is 11.1 Å². The Labute approximate surface area is 112 Å². The van der Waals surface area contributed by atoms with E-state index < -0.39 is 0 Å². The second-order valence-electron chi connectivity index (χ2n) is 4.69. The summed E-state index contributed by atoms with van der Waals surface area (Å²) in [6.45, 7) is 4.29. The van der Waals surface area contributed by atoms with Crippen LogP contribution in [0.2, 0.25) is 0 Å². The zero-order valence-electron chi connectivity index (χ0n) is 10.8. The van der Waals surface area contributed by atoms with Gasteiger partial charge in [-0.3, -0.25) is 0 Å². The van der Waals surface area contributed by atoms with Crippen molar-refractivity contribution in [1.29, 1.82) is 0 Å². The third kappa shape index (κ3) is 2.26. The largest absolute Gasteiger partial charge is 0.415 e. The van der Waals surface area contributed by atoms with E-state index in [9.17, 15) is 0 Å². The lowest BCUT2D eigenvalue weighted by Crippen LogP contribution is -2.37. The van der Waals surface area contributed by atoms with Crippen LogP contribution in [0.25, 0.3) is 0 Å². The molecule has 0 aliphatic rings. The first-order valence-electron chi connectivity index (χ1n) is 6.13. The summed E-state index contributed by atoms with van der Waals surface area (Å²) < 4.78 is 5.43. The lowest BCUT2D eigenvalue weighted by atomic mass is 9.72. The van der Waals surface area contributed by atoms with Crippen molar-refractivity contribution in [2.45, 2.75) is 25.4 Å². The van der Waals surface area contributed by atoms with Gasteiger partial charge in [0.1, 0.15) is 0 Å². The predicted molar refractivity (Wildman–Crippen MR) is 75.6 cm³/mol. The third-order valence-corrected chi connectivity index (χ3v) is 4.09. The van der Waals surface area contributed by atoms with E-state index in [-0.39, 0.29) is 11.5 Å². The minimum Gasteiger partial charge on any atom is -0.415 e. The summed E-state index contributed by atoms with van der Waals surface area (Å²) in [6.07, 6.45) is 0.0268. The molecule has 2 heteroatoms. The molecular weight excluding hydrogens is 236 g/mol. The van der Waals surface area contributed by atoms with Gasteiger partial charge in [-0.2, -0.15) is 0 Å². The predicted octanol–water partition coefficient (Wildman–Crippen LogP) is 3.48. The normalized spacial score (nSPS) is 13.3. The monoisotopic (exact) mass is 253 g/mol. The molecule has 1 nitrogen and oxygen atoms in total. The molecule has 0 amide bonds. The molecule has 1 atom stereocenters. The minimum absolute atomic E-state index is 0.0268. The standard InChI is InChI=1S/C16H17OSi/c1-13(17-18)16(2,14-9-5-3-6-10-14)15-11-7-4-8-12-15/h3-13H,1-2H3. The van der Waals surface area contributed by atoms with E-state index in [0.29, 0.717) is 0 Å². The fraction of sp³-hybridized carbons (Fsp3) is 0.250. The highest BCUT2D eigenvalue weighted by molar-refractivity contribution is 5.98. The molecule has 0 saturated heterocycles. The molecule has 1 unspecified atom stereocenters. The third-order valence-electron chi connectivity index (χ3n) is 3.74. The summed E-state index contributed by atoms with van der Waals surface area (Å²) in [5, 5.41) is 0.